The number of piperidine rings is 1. The Balaban J connectivity index is 1.91. The molecule has 1 unspecified atom stereocenters. The second-order valence-electron chi connectivity index (χ2n) is 6.11. The number of nitrogens with one attached hydrogen (secondary N) is 2. The van der Waals surface area contributed by atoms with Crippen molar-refractivity contribution in [2.75, 3.05) is 13.1 Å². The van der Waals surface area contributed by atoms with Gasteiger partial charge >= 0.3 is 0 Å². The summed E-state index contributed by atoms with van der Waals surface area (Å²) in [6.07, 6.45) is 3.24. The van der Waals surface area contributed by atoms with Crippen molar-refractivity contribution in [3.8, 4) is 0 Å². The largest absolute Gasteiger partial charge is 0.354 e. The summed E-state index contributed by atoms with van der Waals surface area (Å²) in [5.41, 5.74) is 1.08. The van der Waals surface area contributed by atoms with Crippen LogP contribution in [-0.2, 0) is 10.2 Å². The predicted octanol–water partition coefficient (Wildman–Crippen LogP) is 2.88. The number of hydrogen-bond acceptors (Lipinski definition) is 2. The molecule has 110 valence electrons. The van der Waals surface area contributed by atoms with E-state index in [0.29, 0.717) is 6.54 Å². The van der Waals surface area contributed by atoms with Gasteiger partial charge in [0, 0.05) is 17.0 Å². The Kier molecular flexibility index (Phi) is 5.06. The van der Waals surface area contributed by atoms with E-state index in [1.165, 1.54) is 12.0 Å². The fourth-order valence-corrected chi connectivity index (χ4v) is 2.64. The van der Waals surface area contributed by atoms with E-state index < -0.39 is 0 Å². The number of rotatable bonds is 4. The van der Waals surface area contributed by atoms with E-state index in [0.717, 1.165) is 24.4 Å². The Hall–Kier alpha value is -1.06. The molecule has 0 saturated carbocycles. The highest BCUT2D eigenvalue weighted by Crippen LogP contribution is 2.24. The summed E-state index contributed by atoms with van der Waals surface area (Å²) >= 11 is 5.91. The van der Waals surface area contributed by atoms with Crippen molar-refractivity contribution in [2.24, 2.45) is 0 Å². The zero-order valence-corrected chi connectivity index (χ0v) is 13.0. The van der Waals surface area contributed by atoms with Crippen molar-refractivity contribution in [1.29, 1.82) is 0 Å². The van der Waals surface area contributed by atoms with Gasteiger partial charge in [0.15, 0.2) is 0 Å². The van der Waals surface area contributed by atoms with Crippen molar-refractivity contribution in [1.82, 2.24) is 10.6 Å². The van der Waals surface area contributed by atoms with Gasteiger partial charge in [-0.2, -0.15) is 0 Å². The van der Waals surface area contributed by atoms with Crippen LogP contribution < -0.4 is 10.6 Å². The zero-order valence-electron chi connectivity index (χ0n) is 12.2. The lowest BCUT2D eigenvalue weighted by molar-refractivity contribution is -0.123. The summed E-state index contributed by atoms with van der Waals surface area (Å²) in [5, 5.41) is 7.08. The van der Waals surface area contributed by atoms with Crippen LogP contribution in [0.1, 0.15) is 38.7 Å². The number of benzene rings is 1. The molecule has 1 aromatic rings. The maximum absolute atomic E-state index is 12.1. The summed E-state index contributed by atoms with van der Waals surface area (Å²) in [6.45, 7) is 5.83. The van der Waals surface area contributed by atoms with E-state index in [-0.39, 0.29) is 17.4 Å². The molecule has 1 fully saturated rings. The molecule has 3 nitrogen and oxygen atoms in total. The lowest BCUT2D eigenvalue weighted by Gasteiger charge is -2.28. The summed E-state index contributed by atoms with van der Waals surface area (Å²) in [6, 6.07) is 7.80. The van der Waals surface area contributed by atoms with Crippen molar-refractivity contribution >= 4 is 17.5 Å². The maximum atomic E-state index is 12.1. The normalized spacial score (nSPS) is 19.6. The third kappa shape index (κ3) is 3.97. The number of hydrogen-bond donors (Lipinski definition) is 2. The van der Waals surface area contributed by atoms with Crippen LogP contribution in [0.5, 0.6) is 0 Å². The molecular formula is C16H23ClN2O. The number of carbonyl (C=O) groups excluding carboxylic acids is 1. The van der Waals surface area contributed by atoms with Gasteiger partial charge in [-0.25, -0.2) is 0 Å². The topological polar surface area (TPSA) is 41.1 Å². The van der Waals surface area contributed by atoms with Crippen LogP contribution in [0.2, 0.25) is 5.02 Å². The van der Waals surface area contributed by atoms with E-state index in [1.54, 1.807) is 0 Å². The Morgan fingerprint density at radius 1 is 1.35 bits per heavy atom. The minimum absolute atomic E-state index is 0.0234. The fraction of sp³-hybridized carbons (Fsp3) is 0.562. The molecule has 2 rings (SSSR count). The molecule has 2 N–H and O–H groups in total. The van der Waals surface area contributed by atoms with E-state index in [4.69, 9.17) is 11.6 Å². The summed E-state index contributed by atoms with van der Waals surface area (Å²) in [4.78, 5) is 12.1. The molecule has 1 aliphatic rings. The minimum atomic E-state index is -0.102. The van der Waals surface area contributed by atoms with Crippen LogP contribution in [-0.4, -0.2) is 25.0 Å². The highest BCUT2D eigenvalue weighted by molar-refractivity contribution is 6.30. The van der Waals surface area contributed by atoms with E-state index in [2.05, 4.69) is 24.5 Å². The van der Waals surface area contributed by atoms with Gasteiger partial charge < -0.3 is 10.6 Å². The Bertz CT molecular complexity index is 450. The number of halogens is 1. The molecule has 0 bridgehead atoms. The van der Waals surface area contributed by atoms with Gasteiger partial charge in [-0.3, -0.25) is 4.79 Å². The first kappa shape index (κ1) is 15.3. The predicted molar refractivity (Wildman–Crippen MR) is 83.1 cm³/mol. The molecule has 0 radical (unpaired) electrons. The fourth-order valence-electron chi connectivity index (χ4n) is 2.51. The molecule has 1 amide bonds. The quantitative estimate of drug-likeness (QED) is 0.896. The van der Waals surface area contributed by atoms with Crippen LogP contribution in [0.15, 0.2) is 24.3 Å². The summed E-state index contributed by atoms with van der Waals surface area (Å²) < 4.78 is 0. The number of carbonyl (C=O) groups is 1. The molecule has 1 aliphatic heterocycles. The average Bonchev–Trinajstić information content (AvgIpc) is 2.46. The van der Waals surface area contributed by atoms with Gasteiger partial charge in [-0.1, -0.05) is 44.0 Å². The highest BCUT2D eigenvalue weighted by Gasteiger charge is 2.25. The third-order valence-electron chi connectivity index (χ3n) is 3.96. The van der Waals surface area contributed by atoms with Crippen molar-refractivity contribution in [2.45, 2.75) is 44.6 Å². The molecule has 4 heteroatoms. The second kappa shape index (κ2) is 6.59. The van der Waals surface area contributed by atoms with Gasteiger partial charge in [0.1, 0.15) is 0 Å². The molecule has 0 aliphatic carbocycles. The zero-order chi connectivity index (χ0) is 14.6. The van der Waals surface area contributed by atoms with Crippen molar-refractivity contribution in [3.05, 3.63) is 34.9 Å². The molecule has 1 heterocycles. The molecule has 1 aromatic carbocycles. The average molecular weight is 295 g/mol. The molecular weight excluding hydrogens is 272 g/mol. The maximum Gasteiger partial charge on any atom is 0.237 e. The summed E-state index contributed by atoms with van der Waals surface area (Å²) in [7, 11) is 0. The van der Waals surface area contributed by atoms with Crippen molar-refractivity contribution < 1.29 is 4.79 Å². The Morgan fingerprint density at radius 3 is 2.65 bits per heavy atom. The molecule has 1 atom stereocenters. The summed E-state index contributed by atoms with van der Waals surface area (Å²) in [5.74, 6) is 0.117. The van der Waals surface area contributed by atoms with E-state index >= 15 is 0 Å². The first-order valence-corrected chi connectivity index (χ1v) is 7.64. The van der Waals surface area contributed by atoms with Crippen molar-refractivity contribution in [3.63, 3.8) is 0 Å². The first-order chi connectivity index (χ1) is 9.49. The van der Waals surface area contributed by atoms with Gasteiger partial charge in [0.25, 0.3) is 0 Å². The van der Waals surface area contributed by atoms with Gasteiger partial charge in [0.2, 0.25) is 5.91 Å². The van der Waals surface area contributed by atoms with E-state index in [1.807, 2.05) is 24.3 Å². The van der Waals surface area contributed by atoms with Crippen LogP contribution in [0.3, 0.4) is 0 Å². The smallest absolute Gasteiger partial charge is 0.237 e. The molecule has 0 spiro atoms. The minimum Gasteiger partial charge on any atom is -0.354 e. The lowest BCUT2D eigenvalue weighted by atomic mass is 9.84. The highest BCUT2D eigenvalue weighted by atomic mass is 35.5. The molecule has 0 aromatic heterocycles. The van der Waals surface area contributed by atoms with Gasteiger partial charge in [-0.05, 0) is 37.1 Å². The molecule has 20 heavy (non-hydrogen) atoms. The monoisotopic (exact) mass is 294 g/mol. The third-order valence-corrected chi connectivity index (χ3v) is 4.21. The van der Waals surface area contributed by atoms with E-state index in [9.17, 15) is 4.79 Å². The Labute approximate surface area is 126 Å². The number of amides is 1. The van der Waals surface area contributed by atoms with Crippen LogP contribution in [0, 0.1) is 0 Å². The second-order valence-corrected chi connectivity index (χ2v) is 6.55. The SMILES string of the molecule is CC(C)(CNC(=O)C1CCCCN1)c1ccc(Cl)cc1. The standard InChI is InChI=1S/C16H23ClN2O/c1-16(2,12-6-8-13(17)9-7-12)11-19-15(20)14-5-3-4-10-18-14/h6-9,14,18H,3-5,10-11H2,1-2H3,(H,19,20). The Morgan fingerprint density at radius 2 is 2.05 bits per heavy atom. The lowest BCUT2D eigenvalue weighted by Crippen LogP contribution is -2.49. The molecule has 1 saturated heterocycles. The van der Waals surface area contributed by atoms with Crippen LogP contribution in [0.25, 0.3) is 0 Å². The van der Waals surface area contributed by atoms with Crippen LogP contribution in [0.4, 0.5) is 0 Å². The van der Waals surface area contributed by atoms with Gasteiger partial charge in [0.05, 0.1) is 6.04 Å². The first-order valence-electron chi connectivity index (χ1n) is 7.26. The van der Waals surface area contributed by atoms with Gasteiger partial charge in [-0.15, -0.1) is 0 Å². The van der Waals surface area contributed by atoms with Crippen LogP contribution >= 0.6 is 11.6 Å².